The Balaban J connectivity index is 1.77. The van der Waals surface area contributed by atoms with Crippen LogP contribution in [-0.4, -0.2) is 19.2 Å². The van der Waals surface area contributed by atoms with Crippen molar-refractivity contribution in [2.75, 3.05) is 0 Å². The summed E-state index contributed by atoms with van der Waals surface area (Å²) in [5.41, 5.74) is 3.50. The summed E-state index contributed by atoms with van der Waals surface area (Å²) in [6, 6.07) is 22.3. The molecule has 0 aliphatic carbocycles. The van der Waals surface area contributed by atoms with Gasteiger partial charge in [0.1, 0.15) is 12.4 Å². The first-order valence-corrected chi connectivity index (χ1v) is 11.5. The molecule has 176 valence electrons. The van der Waals surface area contributed by atoms with Crippen LogP contribution in [0.15, 0.2) is 84.0 Å². The molecule has 6 bridgehead atoms. The van der Waals surface area contributed by atoms with Crippen LogP contribution < -0.4 is 10.3 Å². The predicted molar refractivity (Wildman–Crippen MR) is 135 cm³/mol. The summed E-state index contributed by atoms with van der Waals surface area (Å²) in [5.74, 6) is 0.618. The molecule has 3 heterocycles. The number of benzene rings is 3. The molecule has 5 aromatic rings. The van der Waals surface area contributed by atoms with Gasteiger partial charge in [-0.1, -0.05) is 24.3 Å². The first-order chi connectivity index (χ1) is 17.4. The van der Waals surface area contributed by atoms with E-state index in [0.29, 0.717) is 33.7 Å². The summed E-state index contributed by atoms with van der Waals surface area (Å²) in [4.78, 5) is 17.1. The molecule has 7 nitrogen and oxygen atoms in total. The molecule has 0 spiro atoms. The molecule has 0 amide bonds. The Hall–Kier alpha value is -4.67. The van der Waals surface area contributed by atoms with Gasteiger partial charge in [0.25, 0.3) is 5.56 Å². The highest BCUT2D eigenvalue weighted by Gasteiger charge is 2.37. The van der Waals surface area contributed by atoms with Gasteiger partial charge in [0.15, 0.2) is 5.60 Å². The average molecular weight is 475 g/mol. The molecule has 0 fully saturated rings. The zero-order valence-corrected chi connectivity index (χ0v) is 19.8. The molecule has 0 saturated carbocycles. The molecule has 36 heavy (non-hydrogen) atoms. The Morgan fingerprint density at radius 1 is 1.06 bits per heavy atom. The number of nitriles is 1. The maximum Gasteiger partial charge on any atom is 0.251 e. The summed E-state index contributed by atoms with van der Waals surface area (Å²) in [6.07, 6.45) is 3.28. The van der Waals surface area contributed by atoms with Crippen LogP contribution in [0.5, 0.6) is 5.75 Å². The molecule has 0 unspecified atom stereocenters. The van der Waals surface area contributed by atoms with Crippen LogP contribution in [0.3, 0.4) is 0 Å². The van der Waals surface area contributed by atoms with Crippen LogP contribution in [0.4, 0.5) is 0 Å². The van der Waals surface area contributed by atoms with Gasteiger partial charge in [-0.25, -0.2) is 4.98 Å². The molecule has 6 rings (SSSR count). The lowest BCUT2D eigenvalue weighted by Gasteiger charge is -2.31. The first-order valence-electron chi connectivity index (χ1n) is 11.5. The van der Waals surface area contributed by atoms with E-state index >= 15 is 0 Å². The van der Waals surface area contributed by atoms with E-state index < -0.39 is 5.60 Å². The molecule has 1 atom stereocenters. The molecule has 2 aromatic heterocycles. The molecular formula is C29H22N4O3. The molecule has 7 heteroatoms. The van der Waals surface area contributed by atoms with Gasteiger partial charge >= 0.3 is 0 Å². The van der Waals surface area contributed by atoms with Crippen molar-refractivity contribution in [3.63, 3.8) is 0 Å². The summed E-state index contributed by atoms with van der Waals surface area (Å²) in [7, 11) is 3.57. The van der Waals surface area contributed by atoms with E-state index in [1.165, 1.54) is 0 Å². The van der Waals surface area contributed by atoms with Crippen LogP contribution in [0.1, 0.15) is 27.9 Å². The Bertz CT molecular complexity index is 1780. The lowest BCUT2D eigenvalue weighted by atomic mass is 9.81. The van der Waals surface area contributed by atoms with Crippen LogP contribution in [0, 0.1) is 11.3 Å². The van der Waals surface area contributed by atoms with Crippen LogP contribution in [0.2, 0.25) is 0 Å². The van der Waals surface area contributed by atoms with Gasteiger partial charge in [-0.2, -0.15) is 5.26 Å². The van der Waals surface area contributed by atoms with Crippen molar-refractivity contribution in [3.8, 4) is 22.9 Å². The topological polar surface area (TPSA) is 93.1 Å². The highest BCUT2D eigenvalue weighted by atomic mass is 16.5. The number of hydrogen-bond donors (Lipinski definition) is 1. The largest absolute Gasteiger partial charge is 0.489 e. The number of ether oxygens (including phenoxy) is 1. The van der Waals surface area contributed by atoms with E-state index in [4.69, 9.17) is 4.74 Å². The van der Waals surface area contributed by atoms with E-state index in [2.05, 4.69) is 11.1 Å². The van der Waals surface area contributed by atoms with Crippen molar-refractivity contribution in [1.82, 2.24) is 14.1 Å². The quantitative estimate of drug-likeness (QED) is 0.397. The molecule has 1 aliphatic heterocycles. The van der Waals surface area contributed by atoms with Crippen molar-refractivity contribution in [2.24, 2.45) is 14.1 Å². The van der Waals surface area contributed by atoms with Gasteiger partial charge in [0.05, 0.1) is 35.4 Å². The summed E-state index contributed by atoms with van der Waals surface area (Å²) < 4.78 is 9.48. The average Bonchev–Trinajstić information content (AvgIpc) is 3.34. The predicted octanol–water partition coefficient (Wildman–Crippen LogP) is 3.99. The Labute approximate surface area is 207 Å². The van der Waals surface area contributed by atoms with Crippen molar-refractivity contribution >= 4 is 10.9 Å². The van der Waals surface area contributed by atoms with Crippen LogP contribution >= 0.6 is 0 Å². The Morgan fingerprint density at radius 2 is 1.86 bits per heavy atom. The molecule has 1 N–H and O–H groups in total. The zero-order chi connectivity index (χ0) is 25.0. The number of aromatic nitrogens is 3. The molecular weight excluding hydrogens is 452 g/mol. The maximum absolute atomic E-state index is 12.9. The maximum atomic E-state index is 12.9. The Kier molecular flexibility index (Phi) is 4.82. The molecule has 3 aromatic carbocycles. The monoisotopic (exact) mass is 474 g/mol. The third-order valence-electron chi connectivity index (χ3n) is 7.03. The molecule has 0 saturated heterocycles. The van der Waals surface area contributed by atoms with Crippen LogP contribution in [0.25, 0.3) is 22.0 Å². The van der Waals surface area contributed by atoms with E-state index in [1.54, 1.807) is 46.9 Å². The highest BCUT2D eigenvalue weighted by molar-refractivity contribution is 5.95. The lowest BCUT2D eigenvalue weighted by molar-refractivity contribution is 0.117. The number of aliphatic hydroxyl groups is 1. The van der Waals surface area contributed by atoms with Crippen molar-refractivity contribution in [2.45, 2.75) is 12.2 Å². The minimum Gasteiger partial charge on any atom is -0.489 e. The van der Waals surface area contributed by atoms with Gasteiger partial charge in [-0.15, -0.1) is 0 Å². The second kappa shape index (κ2) is 7.94. The minimum atomic E-state index is -1.58. The summed E-state index contributed by atoms with van der Waals surface area (Å²) in [6.45, 7) is 0.144. The van der Waals surface area contributed by atoms with Gasteiger partial charge < -0.3 is 19.0 Å². The van der Waals surface area contributed by atoms with Gasteiger partial charge in [-0.05, 0) is 58.7 Å². The standard InChI is InChI=1S/C29H22N4O3/c1-32-17-31-15-27(32)29(35)21-7-6-19(14-30)20(10-21)16-36-23-5-3-4-18(11-23)24-13-28(34)33(2)26-9-8-22(29)12-25(24)26/h3-13,15,17,35H,16H2,1-2H3/t29-/m0/s1. The molecule has 1 aliphatic rings. The van der Waals surface area contributed by atoms with E-state index in [9.17, 15) is 15.2 Å². The lowest BCUT2D eigenvalue weighted by Crippen LogP contribution is -2.31. The fourth-order valence-electron chi connectivity index (χ4n) is 5.05. The van der Waals surface area contributed by atoms with E-state index in [-0.39, 0.29) is 12.2 Å². The number of aryl methyl sites for hydroxylation is 2. The number of nitrogens with zero attached hydrogens (tertiary/aromatic N) is 4. The van der Waals surface area contributed by atoms with Gasteiger partial charge in [0.2, 0.25) is 0 Å². The smallest absolute Gasteiger partial charge is 0.251 e. The summed E-state index contributed by atoms with van der Waals surface area (Å²) >= 11 is 0. The number of fused-ring (bicyclic) bond motifs is 6. The highest BCUT2D eigenvalue weighted by Crippen LogP contribution is 2.40. The second-order valence-corrected chi connectivity index (χ2v) is 9.09. The van der Waals surface area contributed by atoms with Gasteiger partial charge in [0, 0.05) is 31.1 Å². The summed E-state index contributed by atoms with van der Waals surface area (Å²) in [5, 5.41) is 23.1. The van der Waals surface area contributed by atoms with Crippen molar-refractivity contribution in [1.29, 1.82) is 5.26 Å². The third kappa shape index (κ3) is 3.16. The number of rotatable bonds is 1. The van der Waals surface area contributed by atoms with Gasteiger partial charge in [-0.3, -0.25) is 4.79 Å². The minimum absolute atomic E-state index is 0.131. The van der Waals surface area contributed by atoms with E-state index in [1.807, 2.05) is 55.6 Å². The number of imidazole rings is 1. The van der Waals surface area contributed by atoms with Crippen molar-refractivity contribution < 1.29 is 9.84 Å². The first kappa shape index (κ1) is 21.8. The normalized spacial score (nSPS) is 16.5. The third-order valence-corrected chi connectivity index (χ3v) is 7.03. The zero-order valence-electron chi connectivity index (χ0n) is 19.8. The van der Waals surface area contributed by atoms with Crippen LogP contribution in [-0.2, 0) is 26.3 Å². The fourth-order valence-corrected chi connectivity index (χ4v) is 5.05. The number of hydrogen-bond acceptors (Lipinski definition) is 5. The SMILES string of the molecule is Cn1cncc1[C@]1(O)c2ccc(C#N)c(c2)COc2cccc(c2)-c2cc(=O)n(C)c3ccc1cc23. The fraction of sp³-hybridized carbons (Fsp3) is 0.138. The Morgan fingerprint density at radius 3 is 2.64 bits per heavy atom. The molecule has 0 radical (unpaired) electrons. The number of pyridine rings is 1. The second-order valence-electron chi connectivity index (χ2n) is 9.09. The van der Waals surface area contributed by atoms with E-state index in [0.717, 1.165) is 22.0 Å². The van der Waals surface area contributed by atoms with Crippen molar-refractivity contribution in [3.05, 3.63) is 118 Å².